The van der Waals surface area contributed by atoms with Gasteiger partial charge in [0.25, 0.3) is 0 Å². The second kappa shape index (κ2) is 5.78. The van der Waals surface area contributed by atoms with Crippen LogP contribution in [0.4, 0.5) is 5.13 Å². The number of nitrogen functional groups attached to an aromatic ring is 1. The van der Waals surface area contributed by atoms with Gasteiger partial charge in [-0.25, -0.2) is 4.98 Å². The lowest BCUT2D eigenvalue weighted by Gasteiger charge is -2.03. The van der Waals surface area contributed by atoms with E-state index in [-0.39, 0.29) is 5.78 Å². The lowest BCUT2D eigenvalue weighted by Crippen LogP contribution is -2.04. The summed E-state index contributed by atoms with van der Waals surface area (Å²) in [7, 11) is 0. The van der Waals surface area contributed by atoms with E-state index in [1.165, 1.54) is 16.9 Å². The number of rotatable bonds is 5. The zero-order valence-electron chi connectivity index (χ0n) is 10.3. The summed E-state index contributed by atoms with van der Waals surface area (Å²) in [5, 5.41) is 2.35. The van der Waals surface area contributed by atoms with Gasteiger partial charge in [-0.3, -0.25) is 4.79 Å². The van der Waals surface area contributed by atoms with Crippen molar-refractivity contribution in [2.45, 2.75) is 26.2 Å². The summed E-state index contributed by atoms with van der Waals surface area (Å²) in [4.78, 5) is 16.2. The maximum Gasteiger partial charge on any atom is 0.180 e. The predicted octanol–water partition coefficient (Wildman–Crippen LogP) is 3.10. The molecule has 2 N–H and O–H groups in total. The van der Waals surface area contributed by atoms with Crippen LogP contribution in [0, 0.1) is 0 Å². The normalized spacial score (nSPS) is 10.5. The highest BCUT2D eigenvalue weighted by molar-refractivity contribution is 7.13. The third-order valence-electron chi connectivity index (χ3n) is 2.70. The zero-order valence-corrected chi connectivity index (χ0v) is 11.2. The van der Waals surface area contributed by atoms with E-state index in [1.807, 2.05) is 23.6 Å². The molecule has 94 valence electrons. The van der Waals surface area contributed by atoms with Crippen LogP contribution in [0.5, 0.6) is 0 Å². The molecule has 4 heteroatoms. The Morgan fingerprint density at radius 3 is 2.94 bits per heavy atom. The first-order valence-corrected chi connectivity index (χ1v) is 6.89. The van der Waals surface area contributed by atoms with Crippen LogP contribution in [0.25, 0.3) is 0 Å². The molecule has 1 aromatic heterocycles. The Kier molecular flexibility index (Phi) is 4.10. The maximum absolute atomic E-state index is 12.1. The van der Waals surface area contributed by atoms with Gasteiger partial charge in [0.15, 0.2) is 10.9 Å². The standard InChI is InChI=1S/C14H16N2OS/c1-2-4-10-5-3-6-11(7-10)13(17)8-12-9-18-14(15)16-12/h3,5-7,9H,2,4,8H2,1H3,(H2,15,16). The predicted molar refractivity (Wildman–Crippen MR) is 75.0 cm³/mol. The minimum atomic E-state index is 0.0956. The Balaban J connectivity index is 2.11. The summed E-state index contributed by atoms with van der Waals surface area (Å²) in [6.45, 7) is 2.13. The molecule has 0 saturated carbocycles. The van der Waals surface area contributed by atoms with Crippen LogP contribution in [-0.2, 0) is 12.8 Å². The molecule has 0 bridgehead atoms. The second-order valence-electron chi connectivity index (χ2n) is 4.23. The van der Waals surface area contributed by atoms with E-state index >= 15 is 0 Å². The summed E-state index contributed by atoms with van der Waals surface area (Å²) in [5.41, 5.74) is 8.27. The highest BCUT2D eigenvalue weighted by Crippen LogP contribution is 2.15. The third kappa shape index (κ3) is 3.17. The van der Waals surface area contributed by atoms with Gasteiger partial charge in [-0.1, -0.05) is 31.5 Å². The summed E-state index contributed by atoms with van der Waals surface area (Å²) in [6.07, 6.45) is 2.41. The van der Waals surface area contributed by atoms with E-state index in [4.69, 9.17) is 5.73 Å². The molecule has 1 heterocycles. The Labute approximate surface area is 111 Å². The van der Waals surface area contributed by atoms with E-state index < -0.39 is 0 Å². The van der Waals surface area contributed by atoms with Crippen LogP contribution < -0.4 is 5.73 Å². The molecule has 1 aromatic carbocycles. The Bertz CT molecular complexity index is 548. The first-order valence-electron chi connectivity index (χ1n) is 6.01. The van der Waals surface area contributed by atoms with E-state index in [0.29, 0.717) is 11.6 Å². The minimum absolute atomic E-state index is 0.0956. The van der Waals surface area contributed by atoms with Crippen molar-refractivity contribution in [3.05, 3.63) is 46.5 Å². The number of benzene rings is 1. The molecule has 2 rings (SSSR count). The number of aromatic nitrogens is 1. The van der Waals surface area contributed by atoms with Crippen LogP contribution >= 0.6 is 11.3 Å². The molecule has 0 atom stereocenters. The fourth-order valence-electron chi connectivity index (χ4n) is 1.86. The van der Waals surface area contributed by atoms with Gasteiger partial charge in [0.2, 0.25) is 0 Å². The van der Waals surface area contributed by atoms with Gasteiger partial charge in [-0.2, -0.15) is 0 Å². The van der Waals surface area contributed by atoms with Crippen molar-refractivity contribution in [1.29, 1.82) is 0 Å². The number of anilines is 1. The Hall–Kier alpha value is -1.68. The molecule has 0 amide bonds. The number of hydrogen-bond donors (Lipinski definition) is 1. The lowest BCUT2D eigenvalue weighted by atomic mass is 10.0. The summed E-state index contributed by atoms with van der Waals surface area (Å²) >= 11 is 1.37. The second-order valence-corrected chi connectivity index (χ2v) is 5.12. The number of nitrogens with zero attached hydrogens (tertiary/aromatic N) is 1. The number of aryl methyl sites for hydroxylation is 1. The van der Waals surface area contributed by atoms with E-state index in [2.05, 4.69) is 18.0 Å². The maximum atomic E-state index is 12.1. The highest BCUT2D eigenvalue weighted by atomic mass is 32.1. The number of hydrogen-bond acceptors (Lipinski definition) is 4. The molecule has 0 aliphatic heterocycles. The molecule has 0 saturated heterocycles. The number of Topliss-reactive ketones (excluding diaryl/α,β-unsaturated/α-hetero) is 1. The van der Waals surface area contributed by atoms with Gasteiger partial charge >= 0.3 is 0 Å². The molecular formula is C14H16N2OS. The minimum Gasteiger partial charge on any atom is -0.375 e. The smallest absolute Gasteiger partial charge is 0.180 e. The SMILES string of the molecule is CCCc1cccc(C(=O)Cc2csc(N)n2)c1. The average Bonchev–Trinajstić information content (AvgIpc) is 2.75. The first kappa shape index (κ1) is 12.8. The van der Waals surface area contributed by atoms with Gasteiger partial charge in [0.05, 0.1) is 12.1 Å². The zero-order chi connectivity index (χ0) is 13.0. The average molecular weight is 260 g/mol. The van der Waals surface area contributed by atoms with Gasteiger partial charge in [-0.05, 0) is 18.1 Å². The largest absolute Gasteiger partial charge is 0.375 e. The van der Waals surface area contributed by atoms with Crippen molar-refractivity contribution < 1.29 is 4.79 Å². The molecule has 0 fully saturated rings. The molecular weight excluding hydrogens is 244 g/mol. The van der Waals surface area contributed by atoms with E-state index in [0.717, 1.165) is 24.1 Å². The monoisotopic (exact) mass is 260 g/mol. The molecule has 0 aliphatic carbocycles. The fraction of sp³-hybridized carbons (Fsp3) is 0.286. The number of carbonyl (C=O) groups is 1. The van der Waals surface area contributed by atoms with Crippen molar-refractivity contribution in [3.63, 3.8) is 0 Å². The summed E-state index contributed by atoms with van der Waals surface area (Å²) in [5.74, 6) is 0.0956. The van der Waals surface area contributed by atoms with Crippen LogP contribution in [0.1, 0.15) is 35.0 Å². The molecule has 0 spiro atoms. The van der Waals surface area contributed by atoms with E-state index in [1.54, 1.807) is 0 Å². The van der Waals surface area contributed by atoms with Gasteiger partial charge in [0, 0.05) is 10.9 Å². The molecule has 0 aliphatic rings. The quantitative estimate of drug-likeness (QED) is 0.840. The van der Waals surface area contributed by atoms with Gasteiger partial charge in [-0.15, -0.1) is 11.3 Å². The van der Waals surface area contributed by atoms with Crippen molar-refractivity contribution in [1.82, 2.24) is 4.98 Å². The molecule has 0 radical (unpaired) electrons. The lowest BCUT2D eigenvalue weighted by molar-refractivity contribution is 0.0992. The highest BCUT2D eigenvalue weighted by Gasteiger charge is 2.09. The van der Waals surface area contributed by atoms with Crippen LogP contribution in [0.15, 0.2) is 29.6 Å². The fourth-order valence-corrected chi connectivity index (χ4v) is 2.42. The summed E-state index contributed by atoms with van der Waals surface area (Å²) < 4.78 is 0. The van der Waals surface area contributed by atoms with Gasteiger partial charge < -0.3 is 5.73 Å². The third-order valence-corrected chi connectivity index (χ3v) is 3.42. The first-order chi connectivity index (χ1) is 8.69. The topological polar surface area (TPSA) is 56.0 Å². The molecule has 18 heavy (non-hydrogen) atoms. The van der Waals surface area contributed by atoms with E-state index in [9.17, 15) is 4.79 Å². The van der Waals surface area contributed by atoms with Crippen LogP contribution in [-0.4, -0.2) is 10.8 Å². The van der Waals surface area contributed by atoms with Crippen molar-refractivity contribution in [2.75, 3.05) is 5.73 Å². The number of thiazole rings is 1. The van der Waals surface area contributed by atoms with Gasteiger partial charge in [0.1, 0.15) is 0 Å². The van der Waals surface area contributed by atoms with Crippen LogP contribution in [0.3, 0.4) is 0 Å². The van der Waals surface area contributed by atoms with Crippen molar-refractivity contribution in [3.8, 4) is 0 Å². The Morgan fingerprint density at radius 1 is 1.44 bits per heavy atom. The van der Waals surface area contributed by atoms with Crippen molar-refractivity contribution >= 4 is 22.3 Å². The summed E-state index contributed by atoms with van der Waals surface area (Å²) in [6, 6.07) is 7.83. The number of carbonyl (C=O) groups excluding carboxylic acids is 1. The Morgan fingerprint density at radius 2 is 2.28 bits per heavy atom. The number of ketones is 1. The molecule has 3 nitrogen and oxygen atoms in total. The van der Waals surface area contributed by atoms with Crippen molar-refractivity contribution in [2.24, 2.45) is 0 Å². The molecule has 0 unspecified atom stereocenters. The molecule has 2 aromatic rings. The van der Waals surface area contributed by atoms with Crippen LogP contribution in [0.2, 0.25) is 0 Å². The number of nitrogens with two attached hydrogens (primary N) is 1.